The molecular weight excluding hydrogens is 352 g/mol. The van der Waals surface area contributed by atoms with Gasteiger partial charge in [0.25, 0.3) is 10.0 Å². The molecule has 0 aliphatic carbocycles. The van der Waals surface area contributed by atoms with Crippen LogP contribution < -0.4 is 4.72 Å². The molecule has 0 bridgehead atoms. The van der Waals surface area contributed by atoms with Gasteiger partial charge in [0.15, 0.2) is 0 Å². The van der Waals surface area contributed by atoms with Crippen LogP contribution >= 0.6 is 15.9 Å². The van der Waals surface area contributed by atoms with E-state index in [2.05, 4.69) is 25.6 Å². The molecule has 0 fully saturated rings. The molecule has 0 saturated carbocycles. The number of nitrogens with one attached hydrogen (secondary N) is 1. The Balaban J connectivity index is 2.06. The minimum absolute atomic E-state index is 0.253. The lowest BCUT2D eigenvalue weighted by Gasteiger charge is -2.10. The lowest BCUT2D eigenvalue weighted by Crippen LogP contribution is -2.13. The van der Waals surface area contributed by atoms with Gasteiger partial charge in [0.05, 0.1) is 16.8 Å². The zero-order valence-corrected chi connectivity index (χ0v) is 13.2. The average Bonchev–Trinajstić information content (AvgIpc) is 2.49. The van der Waals surface area contributed by atoms with Crippen LogP contribution in [0, 0.1) is 0 Å². The molecule has 3 rings (SSSR count). The molecule has 1 aromatic heterocycles. The van der Waals surface area contributed by atoms with Crippen LogP contribution in [0.1, 0.15) is 0 Å². The second-order valence-electron chi connectivity index (χ2n) is 4.45. The number of hydrogen-bond acceptors (Lipinski definition) is 3. The molecule has 6 heteroatoms. The van der Waals surface area contributed by atoms with Crippen molar-refractivity contribution in [3.63, 3.8) is 0 Å². The van der Waals surface area contributed by atoms with E-state index < -0.39 is 10.0 Å². The molecule has 106 valence electrons. The number of rotatable bonds is 3. The molecule has 0 spiro atoms. The van der Waals surface area contributed by atoms with E-state index in [1.54, 1.807) is 30.3 Å². The van der Waals surface area contributed by atoms with E-state index in [4.69, 9.17) is 0 Å². The summed E-state index contributed by atoms with van der Waals surface area (Å²) in [5, 5.41) is 1.58. The number of benzene rings is 2. The van der Waals surface area contributed by atoms with Gasteiger partial charge in [-0.2, -0.15) is 0 Å². The predicted octanol–water partition coefficient (Wildman–Crippen LogP) is 3.80. The Bertz CT molecular complexity index is 888. The van der Waals surface area contributed by atoms with Crippen molar-refractivity contribution in [3.8, 4) is 0 Å². The smallest absolute Gasteiger partial charge is 0.262 e. The van der Waals surface area contributed by atoms with Crippen LogP contribution in [0.5, 0.6) is 0 Å². The highest BCUT2D eigenvalue weighted by Crippen LogP contribution is 2.24. The number of sulfonamides is 1. The van der Waals surface area contributed by atoms with Gasteiger partial charge in [0, 0.05) is 5.39 Å². The maximum absolute atomic E-state index is 12.5. The molecule has 0 aliphatic heterocycles. The summed E-state index contributed by atoms with van der Waals surface area (Å²) < 4.78 is 28.3. The number of hydrogen-bond donors (Lipinski definition) is 1. The normalized spacial score (nSPS) is 11.5. The van der Waals surface area contributed by atoms with Gasteiger partial charge in [-0.25, -0.2) is 13.4 Å². The largest absolute Gasteiger partial charge is 0.278 e. The summed E-state index contributed by atoms with van der Waals surface area (Å²) in [6, 6.07) is 15.9. The summed E-state index contributed by atoms with van der Waals surface area (Å²) >= 11 is 3.21. The van der Waals surface area contributed by atoms with Crippen molar-refractivity contribution < 1.29 is 8.42 Å². The van der Waals surface area contributed by atoms with Crippen molar-refractivity contribution in [2.45, 2.75) is 4.90 Å². The Labute approximate surface area is 131 Å². The van der Waals surface area contributed by atoms with Crippen molar-refractivity contribution in [2.75, 3.05) is 4.72 Å². The highest BCUT2D eigenvalue weighted by atomic mass is 79.9. The zero-order valence-electron chi connectivity index (χ0n) is 10.8. The van der Waals surface area contributed by atoms with Gasteiger partial charge in [-0.1, -0.05) is 36.4 Å². The first-order valence-electron chi connectivity index (χ1n) is 6.18. The Morgan fingerprint density at radius 3 is 2.48 bits per heavy atom. The van der Waals surface area contributed by atoms with Gasteiger partial charge >= 0.3 is 0 Å². The summed E-state index contributed by atoms with van der Waals surface area (Å²) in [5.41, 5.74) is 0.422. The third-order valence-corrected chi connectivity index (χ3v) is 4.93. The Hall–Kier alpha value is -1.92. The van der Waals surface area contributed by atoms with Gasteiger partial charge in [0.1, 0.15) is 4.60 Å². The first-order valence-corrected chi connectivity index (χ1v) is 8.46. The van der Waals surface area contributed by atoms with Crippen LogP contribution in [-0.2, 0) is 10.0 Å². The zero-order chi connectivity index (χ0) is 14.9. The Kier molecular flexibility index (Phi) is 3.65. The molecule has 0 atom stereocenters. The maximum atomic E-state index is 12.5. The van der Waals surface area contributed by atoms with E-state index in [0.29, 0.717) is 15.7 Å². The fourth-order valence-corrected chi connectivity index (χ4v) is 3.59. The van der Waals surface area contributed by atoms with Crippen molar-refractivity contribution in [1.29, 1.82) is 0 Å². The number of aromatic nitrogens is 1. The molecule has 21 heavy (non-hydrogen) atoms. The van der Waals surface area contributed by atoms with Gasteiger partial charge < -0.3 is 0 Å². The summed E-state index contributed by atoms with van der Waals surface area (Å²) in [7, 11) is -3.66. The molecule has 0 aliphatic rings. The Morgan fingerprint density at radius 2 is 1.71 bits per heavy atom. The first kappa shape index (κ1) is 14.0. The van der Waals surface area contributed by atoms with Crippen molar-refractivity contribution in [2.24, 2.45) is 0 Å². The molecule has 1 N–H and O–H groups in total. The maximum Gasteiger partial charge on any atom is 0.262 e. The standard InChI is InChI=1S/C15H11BrN2O2S/c16-15-9-8-12(10-17-15)18-21(19,20)14-7-3-5-11-4-1-2-6-13(11)14/h1-10,18H. The van der Waals surface area contributed by atoms with Crippen molar-refractivity contribution in [1.82, 2.24) is 4.98 Å². The van der Waals surface area contributed by atoms with Crippen LogP contribution in [0.2, 0.25) is 0 Å². The monoisotopic (exact) mass is 362 g/mol. The fraction of sp³-hybridized carbons (Fsp3) is 0. The van der Waals surface area contributed by atoms with Gasteiger partial charge in [-0.15, -0.1) is 0 Å². The molecular formula is C15H11BrN2O2S. The first-order chi connectivity index (χ1) is 10.1. The highest BCUT2D eigenvalue weighted by Gasteiger charge is 2.17. The fourth-order valence-electron chi connectivity index (χ4n) is 2.08. The topological polar surface area (TPSA) is 59.1 Å². The number of anilines is 1. The molecule has 0 amide bonds. The van der Waals surface area contributed by atoms with E-state index in [1.807, 2.05) is 24.3 Å². The Morgan fingerprint density at radius 1 is 0.952 bits per heavy atom. The number of fused-ring (bicyclic) bond motifs is 1. The van der Waals surface area contributed by atoms with E-state index in [9.17, 15) is 8.42 Å². The van der Waals surface area contributed by atoms with Crippen molar-refractivity contribution >= 4 is 42.4 Å². The van der Waals surface area contributed by atoms with E-state index in [-0.39, 0.29) is 4.90 Å². The van der Waals surface area contributed by atoms with Gasteiger partial charge in [-0.3, -0.25) is 4.72 Å². The van der Waals surface area contributed by atoms with E-state index in [1.165, 1.54) is 6.20 Å². The summed E-state index contributed by atoms with van der Waals surface area (Å²) in [6.07, 6.45) is 1.47. The van der Waals surface area contributed by atoms with E-state index >= 15 is 0 Å². The highest BCUT2D eigenvalue weighted by molar-refractivity contribution is 9.10. The SMILES string of the molecule is O=S(=O)(Nc1ccc(Br)nc1)c1cccc2ccccc12. The minimum Gasteiger partial charge on any atom is -0.278 e. The molecule has 0 radical (unpaired) electrons. The number of pyridine rings is 1. The second kappa shape index (κ2) is 5.46. The number of nitrogens with zero attached hydrogens (tertiary/aromatic N) is 1. The van der Waals surface area contributed by atoms with E-state index in [0.717, 1.165) is 5.39 Å². The molecule has 0 unspecified atom stereocenters. The quantitative estimate of drug-likeness (QED) is 0.720. The second-order valence-corrected chi connectivity index (χ2v) is 6.92. The van der Waals surface area contributed by atoms with Crippen LogP contribution in [0.4, 0.5) is 5.69 Å². The minimum atomic E-state index is -3.66. The summed E-state index contributed by atoms with van der Waals surface area (Å²) in [6.45, 7) is 0. The third kappa shape index (κ3) is 2.91. The van der Waals surface area contributed by atoms with Crippen molar-refractivity contribution in [3.05, 3.63) is 65.4 Å². The third-order valence-electron chi connectivity index (χ3n) is 3.02. The lowest BCUT2D eigenvalue weighted by molar-refractivity contribution is 0.602. The van der Waals surface area contributed by atoms with Gasteiger partial charge in [-0.05, 0) is 39.5 Å². The summed E-state index contributed by atoms with van der Waals surface area (Å²) in [5.74, 6) is 0. The molecule has 2 aromatic carbocycles. The van der Waals surface area contributed by atoms with Crippen LogP contribution in [-0.4, -0.2) is 13.4 Å². The average molecular weight is 363 g/mol. The molecule has 1 heterocycles. The molecule has 0 saturated heterocycles. The lowest BCUT2D eigenvalue weighted by atomic mass is 10.1. The van der Waals surface area contributed by atoms with Crippen LogP contribution in [0.15, 0.2) is 70.3 Å². The van der Waals surface area contributed by atoms with Gasteiger partial charge in [0.2, 0.25) is 0 Å². The molecule has 4 nitrogen and oxygen atoms in total. The predicted molar refractivity (Wildman–Crippen MR) is 86.7 cm³/mol. The van der Waals surface area contributed by atoms with Crippen LogP contribution in [0.3, 0.4) is 0 Å². The number of halogens is 1. The molecule has 3 aromatic rings. The summed E-state index contributed by atoms with van der Waals surface area (Å²) in [4.78, 5) is 4.26. The van der Waals surface area contributed by atoms with Crippen LogP contribution in [0.25, 0.3) is 10.8 Å².